The second-order valence-electron chi connectivity index (χ2n) is 5.64. The lowest BCUT2D eigenvalue weighted by molar-refractivity contribution is -0.116. The summed E-state index contributed by atoms with van der Waals surface area (Å²) in [7, 11) is 0. The van der Waals surface area contributed by atoms with Crippen molar-refractivity contribution in [3.05, 3.63) is 17.5 Å². The Morgan fingerprint density at radius 2 is 1.85 bits per heavy atom. The van der Waals surface area contributed by atoms with Crippen LogP contribution in [0, 0.1) is 25.7 Å². The number of nitrogens with one attached hydrogen (secondary N) is 1. The number of hydrogen-bond donors (Lipinski definition) is 2. The van der Waals surface area contributed by atoms with Crippen molar-refractivity contribution in [3.63, 3.8) is 0 Å². The van der Waals surface area contributed by atoms with Crippen molar-refractivity contribution in [1.29, 1.82) is 0 Å². The Hall–Kier alpha value is -1.49. The Bertz CT molecular complexity index is 425. The summed E-state index contributed by atoms with van der Waals surface area (Å²) in [6, 6.07) is 1.88. The molecular weight excluding hydrogens is 252 g/mol. The average Bonchev–Trinajstić information content (AvgIpc) is 2.32. The van der Waals surface area contributed by atoms with E-state index in [9.17, 15) is 4.79 Å². The summed E-state index contributed by atoms with van der Waals surface area (Å²) < 4.78 is 0. The van der Waals surface area contributed by atoms with Crippen LogP contribution < -0.4 is 11.1 Å². The smallest absolute Gasteiger partial charge is 0.229 e. The van der Waals surface area contributed by atoms with Crippen LogP contribution in [0.1, 0.15) is 44.5 Å². The van der Waals surface area contributed by atoms with E-state index in [2.05, 4.69) is 29.1 Å². The van der Waals surface area contributed by atoms with Gasteiger partial charge >= 0.3 is 0 Å². The average molecular weight is 278 g/mol. The molecule has 1 rings (SSSR count). The number of rotatable bonds is 7. The fourth-order valence-corrected chi connectivity index (χ4v) is 2.31. The molecule has 0 fully saturated rings. The number of aryl methyl sites for hydroxylation is 2. The van der Waals surface area contributed by atoms with Crippen LogP contribution in [0.15, 0.2) is 6.07 Å². The fraction of sp³-hybridized carbons (Fsp3) is 0.667. The Kier molecular flexibility index (Phi) is 6.58. The first-order chi connectivity index (χ1) is 9.42. The van der Waals surface area contributed by atoms with Crippen LogP contribution in [0.25, 0.3) is 0 Å². The molecule has 0 saturated carbocycles. The highest BCUT2D eigenvalue weighted by molar-refractivity contribution is 5.88. The van der Waals surface area contributed by atoms with E-state index in [1.165, 1.54) is 0 Å². The van der Waals surface area contributed by atoms with Gasteiger partial charge < -0.3 is 5.73 Å². The molecule has 1 aromatic heterocycles. The third-order valence-corrected chi connectivity index (χ3v) is 3.46. The van der Waals surface area contributed by atoms with Gasteiger partial charge in [0.2, 0.25) is 11.9 Å². The maximum atomic E-state index is 11.9. The van der Waals surface area contributed by atoms with Crippen molar-refractivity contribution in [1.82, 2.24) is 9.97 Å². The molecule has 112 valence electrons. The maximum Gasteiger partial charge on any atom is 0.229 e. The van der Waals surface area contributed by atoms with Crippen molar-refractivity contribution in [2.24, 2.45) is 17.6 Å². The predicted octanol–water partition coefficient (Wildman–Crippen LogP) is 2.43. The Labute approximate surface area is 121 Å². The zero-order valence-electron chi connectivity index (χ0n) is 12.9. The molecule has 0 radical (unpaired) electrons. The van der Waals surface area contributed by atoms with Gasteiger partial charge in [-0.1, -0.05) is 13.8 Å². The van der Waals surface area contributed by atoms with Crippen molar-refractivity contribution in [2.45, 2.75) is 47.0 Å². The van der Waals surface area contributed by atoms with Gasteiger partial charge in [-0.15, -0.1) is 0 Å². The Morgan fingerprint density at radius 3 is 2.35 bits per heavy atom. The molecule has 5 nitrogen and oxygen atoms in total. The molecule has 0 aliphatic carbocycles. The summed E-state index contributed by atoms with van der Waals surface area (Å²) in [5, 5.41) is 2.77. The SMILES string of the molecule is Cc1cc(C)nc(NC(=O)CCC(CCN)C(C)C)n1. The number of carbonyl (C=O) groups is 1. The summed E-state index contributed by atoms with van der Waals surface area (Å²) in [6.45, 7) is 8.79. The molecule has 5 heteroatoms. The zero-order chi connectivity index (χ0) is 15.1. The third kappa shape index (κ3) is 5.65. The zero-order valence-corrected chi connectivity index (χ0v) is 12.9. The summed E-state index contributed by atoms with van der Waals surface area (Å²) in [4.78, 5) is 20.4. The van der Waals surface area contributed by atoms with Gasteiger partial charge in [-0.2, -0.15) is 0 Å². The minimum absolute atomic E-state index is 0.0299. The largest absolute Gasteiger partial charge is 0.330 e. The predicted molar refractivity (Wildman–Crippen MR) is 81.4 cm³/mol. The van der Waals surface area contributed by atoms with E-state index in [0.717, 1.165) is 24.2 Å². The molecule has 0 aliphatic rings. The first-order valence-corrected chi connectivity index (χ1v) is 7.24. The van der Waals surface area contributed by atoms with Gasteiger partial charge in [-0.3, -0.25) is 10.1 Å². The second kappa shape index (κ2) is 7.94. The number of hydrogen-bond acceptors (Lipinski definition) is 4. The van der Waals surface area contributed by atoms with Gasteiger partial charge in [0, 0.05) is 17.8 Å². The highest BCUT2D eigenvalue weighted by Crippen LogP contribution is 2.20. The monoisotopic (exact) mass is 278 g/mol. The molecule has 0 saturated heterocycles. The normalized spacial score (nSPS) is 12.5. The minimum atomic E-state index is -0.0299. The van der Waals surface area contributed by atoms with E-state index in [4.69, 9.17) is 5.73 Å². The molecule has 0 aliphatic heterocycles. The molecule has 1 amide bonds. The molecule has 1 atom stereocenters. The summed E-state index contributed by atoms with van der Waals surface area (Å²) in [5.74, 6) is 1.40. The van der Waals surface area contributed by atoms with Crippen LogP contribution in [-0.2, 0) is 4.79 Å². The molecular formula is C15H26N4O. The highest BCUT2D eigenvalue weighted by atomic mass is 16.1. The van der Waals surface area contributed by atoms with Crippen molar-refractivity contribution < 1.29 is 4.79 Å². The van der Waals surface area contributed by atoms with Crippen LogP contribution >= 0.6 is 0 Å². The van der Waals surface area contributed by atoms with Crippen LogP contribution in [0.4, 0.5) is 5.95 Å². The molecule has 0 aromatic carbocycles. The van der Waals surface area contributed by atoms with Gasteiger partial charge in [0.1, 0.15) is 0 Å². The van der Waals surface area contributed by atoms with Crippen LogP contribution in [-0.4, -0.2) is 22.4 Å². The highest BCUT2D eigenvalue weighted by Gasteiger charge is 2.15. The van der Waals surface area contributed by atoms with Gasteiger partial charge in [-0.05, 0) is 51.1 Å². The standard InChI is InChI=1S/C15H26N4O/c1-10(2)13(7-8-16)5-6-14(20)19-15-17-11(3)9-12(4)18-15/h9-10,13H,5-8,16H2,1-4H3,(H,17,18,19,20). The lowest BCUT2D eigenvalue weighted by atomic mass is 9.88. The second-order valence-corrected chi connectivity index (χ2v) is 5.64. The molecule has 1 unspecified atom stereocenters. The summed E-state index contributed by atoms with van der Waals surface area (Å²) >= 11 is 0. The lowest BCUT2D eigenvalue weighted by Gasteiger charge is -2.19. The number of nitrogens with zero attached hydrogens (tertiary/aromatic N) is 2. The van der Waals surface area contributed by atoms with Crippen LogP contribution in [0.5, 0.6) is 0 Å². The van der Waals surface area contributed by atoms with E-state index in [0.29, 0.717) is 30.7 Å². The fourth-order valence-electron chi connectivity index (χ4n) is 2.31. The first-order valence-electron chi connectivity index (χ1n) is 7.24. The quantitative estimate of drug-likeness (QED) is 0.802. The molecule has 1 heterocycles. The van der Waals surface area contributed by atoms with E-state index in [1.54, 1.807) is 0 Å². The first kappa shape index (κ1) is 16.6. The van der Waals surface area contributed by atoms with Crippen LogP contribution in [0.2, 0.25) is 0 Å². The minimum Gasteiger partial charge on any atom is -0.330 e. The summed E-state index contributed by atoms with van der Waals surface area (Å²) in [6.07, 6.45) is 2.30. The number of amides is 1. The van der Waals surface area contributed by atoms with Gasteiger partial charge in [-0.25, -0.2) is 9.97 Å². The molecule has 0 spiro atoms. The molecule has 3 N–H and O–H groups in total. The van der Waals surface area contributed by atoms with Crippen molar-refractivity contribution >= 4 is 11.9 Å². The molecule has 20 heavy (non-hydrogen) atoms. The van der Waals surface area contributed by atoms with Crippen molar-refractivity contribution in [3.8, 4) is 0 Å². The van der Waals surface area contributed by atoms with Crippen molar-refractivity contribution in [2.75, 3.05) is 11.9 Å². The molecule has 0 bridgehead atoms. The van der Waals surface area contributed by atoms with E-state index in [-0.39, 0.29) is 5.91 Å². The van der Waals surface area contributed by atoms with Gasteiger partial charge in [0.25, 0.3) is 0 Å². The van der Waals surface area contributed by atoms with Gasteiger partial charge in [0.05, 0.1) is 0 Å². The van der Waals surface area contributed by atoms with E-state index >= 15 is 0 Å². The van der Waals surface area contributed by atoms with E-state index in [1.807, 2.05) is 19.9 Å². The topological polar surface area (TPSA) is 80.9 Å². The van der Waals surface area contributed by atoms with Gasteiger partial charge in [0.15, 0.2) is 0 Å². The lowest BCUT2D eigenvalue weighted by Crippen LogP contribution is -2.19. The Morgan fingerprint density at radius 1 is 1.25 bits per heavy atom. The van der Waals surface area contributed by atoms with E-state index < -0.39 is 0 Å². The number of nitrogens with two attached hydrogens (primary N) is 1. The van der Waals surface area contributed by atoms with Crippen LogP contribution in [0.3, 0.4) is 0 Å². The number of aromatic nitrogens is 2. The Balaban J connectivity index is 2.50. The maximum absolute atomic E-state index is 11.9. The number of carbonyl (C=O) groups excluding carboxylic acids is 1. The molecule has 1 aromatic rings. The summed E-state index contributed by atoms with van der Waals surface area (Å²) in [5.41, 5.74) is 7.32. The number of anilines is 1. The third-order valence-electron chi connectivity index (χ3n) is 3.46.